The Kier molecular flexibility index (Phi) is 4.89. The van der Waals surface area contributed by atoms with E-state index in [1.165, 1.54) is 24.3 Å². The highest BCUT2D eigenvalue weighted by Gasteiger charge is 2.27. The van der Waals surface area contributed by atoms with Crippen molar-refractivity contribution >= 4 is 0 Å². The first-order valence-electron chi connectivity index (χ1n) is 5.06. The second kappa shape index (κ2) is 5.97. The standard InChI is InChI=1S/C11H13F4NO/c12-9-3-1-8(2-4-9)10(7-16)17-6-5-11(13,14)15/h1-4,10H,5-7,16H2. The molecule has 0 aliphatic heterocycles. The second-order valence-electron chi connectivity index (χ2n) is 3.51. The maximum absolute atomic E-state index is 12.6. The van der Waals surface area contributed by atoms with Crippen LogP contribution in [-0.4, -0.2) is 19.3 Å². The summed E-state index contributed by atoms with van der Waals surface area (Å²) in [5.41, 5.74) is 5.96. The van der Waals surface area contributed by atoms with Gasteiger partial charge in [-0.3, -0.25) is 0 Å². The van der Waals surface area contributed by atoms with Crippen molar-refractivity contribution in [3.05, 3.63) is 35.6 Å². The van der Waals surface area contributed by atoms with Crippen LogP contribution in [0.4, 0.5) is 17.6 Å². The lowest BCUT2D eigenvalue weighted by atomic mass is 10.1. The molecule has 6 heteroatoms. The van der Waals surface area contributed by atoms with E-state index >= 15 is 0 Å². The number of ether oxygens (including phenoxy) is 1. The first kappa shape index (κ1) is 13.9. The van der Waals surface area contributed by atoms with Crippen LogP contribution in [0.5, 0.6) is 0 Å². The molecule has 0 radical (unpaired) electrons. The van der Waals surface area contributed by atoms with Gasteiger partial charge < -0.3 is 10.5 Å². The van der Waals surface area contributed by atoms with E-state index < -0.39 is 31.1 Å². The quantitative estimate of drug-likeness (QED) is 0.817. The SMILES string of the molecule is NCC(OCCC(F)(F)F)c1ccc(F)cc1. The minimum absolute atomic E-state index is 0.0451. The predicted octanol–water partition coefficient (Wildman–Crippen LogP) is 2.79. The van der Waals surface area contributed by atoms with E-state index in [4.69, 9.17) is 10.5 Å². The first-order valence-corrected chi connectivity index (χ1v) is 5.06. The summed E-state index contributed by atoms with van der Waals surface area (Å²) in [5, 5.41) is 0. The summed E-state index contributed by atoms with van der Waals surface area (Å²) in [6, 6.07) is 5.32. The molecule has 0 heterocycles. The maximum atomic E-state index is 12.6. The fraction of sp³-hybridized carbons (Fsp3) is 0.455. The van der Waals surface area contributed by atoms with Crippen LogP contribution in [0.2, 0.25) is 0 Å². The number of hydrogen-bond acceptors (Lipinski definition) is 2. The van der Waals surface area contributed by atoms with Crippen LogP contribution in [-0.2, 0) is 4.74 Å². The largest absolute Gasteiger partial charge is 0.391 e. The molecule has 0 aromatic heterocycles. The van der Waals surface area contributed by atoms with E-state index in [9.17, 15) is 17.6 Å². The number of nitrogens with two attached hydrogens (primary N) is 1. The van der Waals surface area contributed by atoms with Crippen molar-refractivity contribution in [3.8, 4) is 0 Å². The van der Waals surface area contributed by atoms with E-state index in [-0.39, 0.29) is 6.54 Å². The molecule has 17 heavy (non-hydrogen) atoms. The third-order valence-electron chi connectivity index (χ3n) is 2.16. The van der Waals surface area contributed by atoms with Crippen LogP contribution in [0.3, 0.4) is 0 Å². The van der Waals surface area contributed by atoms with E-state index in [1.807, 2.05) is 0 Å². The molecule has 1 aromatic rings. The number of halogens is 4. The topological polar surface area (TPSA) is 35.2 Å². The average Bonchev–Trinajstić information content (AvgIpc) is 2.24. The number of alkyl halides is 3. The van der Waals surface area contributed by atoms with Gasteiger partial charge in [0.2, 0.25) is 0 Å². The molecule has 1 unspecified atom stereocenters. The van der Waals surface area contributed by atoms with Gasteiger partial charge in [-0.05, 0) is 17.7 Å². The summed E-state index contributed by atoms with van der Waals surface area (Å²) in [6.07, 6.45) is -5.91. The molecule has 0 aliphatic carbocycles. The number of benzene rings is 1. The maximum Gasteiger partial charge on any atom is 0.391 e. The highest BCUT2D eigenvalue weighted by atomic mass is 19.4. The van der Waals surface area contributed by atoms with Crippen molar-refractivity contribution in [2.45, 2.75) is 18.7 Å². The molecule has 2 nitrogen and oxygen atoms in total. The molecule has 1 atom stereocenters. The third-order valence-corrected chi connectivity index (χ3v) is 2.16. The first-order chi connectivity index (χ1) is 7.92. The normalized spacial score (nSPS) is 13.7. The lowest BCUT2D eigenvalue weighted by molar-refractivity contribution is -0.149. The highest BCUT2D eigenvalue weighted by Crippen LogP contribution is 2.22. The van der Waals surface area contributed by atoms with Gasteiger partial charge in [-0.2, -0.15) is 13.2 Å². The fourth-order valence-corrected chi connectivity index (χ4v) is 1.29. The minimum atomic E-state index is -4.25. The molecular formula is C11H13F4NO. The summed E-state index contributed by atoms with van der Waals surface area (Å²) in [6.45, 7) is -0.410. The number of hydrogen-bond donors (Lipinski definition) is 1. The third kappa shape index (κ3) is 5.14. The lowest BCUT2D eigenvalue weighted by Gasteiger charge is -2.17. The molecule has 1 rings (SSSR count). The minimum Gasteiger partial charge on any atom is -0.372 e. The van der Waals surface area contributed by atoms with E-state index in [1.54, 1.807) is 0 Å². The molecule has 0 aliphatic rings. The van der Waals surface area contributed by atoms with Crippen molar-refractivity contribution in [2.24, 2.45) is 5.73 Å². The second-order valence-corrected chi connectivity index (χ2v) is 3.51. The molecule has 96 valence electrons. The summed E-state index contributed by atoms with van der Waals surface area (Å²) in [5.74, 6) is -0.417. The van der Waals surface area contributed by atoms with Crippen molar-refractivity contribution in [1.29, 1.82) is 0 Å². The molecule has 0 spiro atoms. The van der Waals surface area contributed by atoms with Crippen LogP contribution in [0.25, 0.3) is 0 Å². The van der Waals surface area contributed by atoms with Gasteiger partial charge in [0.25, 0.3) is 0 Å². The summed E-state index contributed by atoms with van der Waals surface area (Å²) >= 11 is 0. The molecule has 0 amide bonds. The molecule has 0 bridgehead atoms. The Balaban J connectivity index is 2.51. The Morgan fingerprint density at radius 2 is 1.76 bits per heavy atom. The Labute approximate surface area is 96.4 Å². The molecule has 1 aromatic carbocycles. The van der Waals surface area contributed by atoms with Gasteiger partial charge in [0.1, 0.15) is 5.82 Å². The van der Waals surface area contributed by atoms with Crippen molar-refractivity contribution in [1.82, 2.24) is 0 Å². The Morgan fingerprint density at radius 3 is 2.24 bits per heavy atom. The Hall–Kier alpha value is -1.14. The van der Waals surface area contributed by atoms with E-state index in [0.29, 0.717) is 5.56 Å². The summed E-state index contributed by atoms with van der Waals surface area (Å²) in [7, 11) is 0. The zero-order chi connectivity index (χ0) is 12.9. The lowest BCUT2D eigenvalue weighted by Crippen LogP contribution is -2.19. The number of rotatable bonds is 5. The van der Waals surface area contributed by atoms with Crippen LogP contribution in [0.1, 0.15) is 18.1 Å². The van der Waals surface area contributed by atoms with Gasteiger partial charge in [-0.15, -0.1) is 0 Å². The fourth-order valence-electron chi connectivity index (χ4n) is 1.29. The summed E-state index contributed by atoms with van der Waals surface area (Å²) < 4.78 is 53.4. The summed E-state index contributed by atoms with van der Waals surface area (Å²) in [4.78, 5) is 0. The van der Waals surface area contributed by atoms with Gasteiger partial charge in [-0.1, -0.05) is 12.1 Å². The van der Waals surface area contributed by atoms with Crippen LogP contribution in [0.15, 0.2) is 24.3 Å². The molecule has 0 saturated carbocycles. The van der Waals surface area contributed by atoms with Crippen molar-refractivity contribution < 1.29 is 22.3 Å². The molecule has 0 saturated heterocycles. The van der Waals surface area contributed by atoms with Crippen LogP contribution >= 0.6 is 0 Å². The molecule has 2 N–H and O–H groups in total. The van der Waals surface area contributed by atoms with E-state index in [0.717, 1.165) is 0 Å². The average molecular weight is 251 g/mol. The predicted molar refractivity (Wildman–Crippen MR) is 54.8 cm³/mol. The van der Waals surface area contributed by atoms with Crippen molar-refractivity contribution in [2.75, 3.05) is 13.2 Å². The van der Waals surface area contributed by atoms with Gasteiger partial charge in [0.15, 0.2) is 0 Å². The zero-order valence-electron chi connectivity index (χ0n) is 9.01. The Bertz CT molecular complexity index is 336. The van der Waals surface area contributed by atoms with Gasteiger partial charge in [0.05, 0.1) is 19.1 Å². The monoisotopic (exact) mass is 251 g/mol. The Morgan fingerprint density at radius 1 is 1.18 bits per heavy atom. The molecule has 0 fully saturated rings. The van der Waals surface area contributed by atoms with Gasteiger partial charge in [0, 0.05) is 6.54 Å². The smallest absolute Gasteiger partial charge is 0.372 e. The molecular weight excluding hydrogens is 238 g/mol. The van der Waals surface area contributed by atoms with Crippen LogP contribution in [0, 0.1) is 5.82 Å². The zero-order valence-corrected chi connectivity index (χ0v) is 9.01. The van der Waals surface area contributed by atoms with Gasteiger partial charge >= 0.3 is 6.18 Å². The van der Waals surface area contributed by atoms with Gasteiger partial charge in [-0.25, -0.2) is 4.39 Å². The van der Waals surface area contributed by atoms with Crippen molar-refractivity contribution in [3.63, 3.8) is 0 Å². The highest BCUT2D eigenvalue weighted by molar-refractivity contribution is 5.18. The van der Waals surface area contributed by atoms with Crippen LogP contribution < -0.4 is 5.73 Å². The van der Waals surface area contributed by atoms with E-state index in [2.05, 4.69) is 0 Å².